The maximum Gasteiger partial charge on any atom is 0.338 e. The lowest BCUT2D eigenvalue weighted by Gasteiger charge is -2.30. The molecule has 0 radical (unpaired) electrons. The van der Waals surface area contributed by atoms with Gasteiger partial charge in [0, 0.05) is 21.5 Å². The Kier molecular flexibility index (Phi) is 8.14. The number of anilines is 2. The molecule has 3 heterocycles. The smallest absolute Gasteiger partial charge is 0.338 e. The molecule has 6 rings (SSSR count). The number of hydrogen-bond acceptors (Lipinski definition) is 8. The van der Waals surface area contributed by atoms with E-state index in [9.17, 15) is 28.4 Å². The van der Waals surface area contributed by atoms with Crippen molar-refractivity contribution in [3.05, 3.63) is 109 Å². The highest BCUT2D eigenvalue weighted by Gasteiger charge is 2.56. The summed E-state index contributed by atoms with van der Waals surface area (Å²) in [5, 5.41) is 2.72. The van der Waals surface area contributed by atoms with E-state index in [1.807, 2.05) is 0 Å². The van der Waals surface area contributed by atoms with Crippen LogP contribution in [0.2, 0.25) is 5.02 Å². The molecule has 3 aromatic carbocycles. The molecular formula is C31H23ClFN3O6S2. The number of carbonyl (C=O) groups is 4. The number of benzene rings is 3. The van der Waals surface area contributed by atoms with Gasteiger partial charge in [0.05, 0.1) is 28.8 Å². The third-order valence-electron chi connectivity index (χ3n) is 7.34. The van der Waals surface area contributed by atoms with E-state index in [0.717, 1.165) is 28.0 Å². The maximum atomic E-state index is 14.0. The van der Waals surface area contributed by atoms with Crippen LogP contribution in [-0.2, 0) is 25.7 Å². The minimum Gasteiger partial charge on any atom is -0.462 e. The number of rotatable bonds is 7. The lowest BCUT2D eigenvalue weighted by molar-refractivity contribution is -0.122. The van der Waals surface area contributed by atoms with Gasteiger partial charge >= 0.3 is 10.8 Å². The van der Waals surface area contributed by atoms with E-state index in [4.69, 9.17) is 16.3 Å². The van der Waals surface area contributed by atoms with Crippen LogP contribution >= 0.6 is 34.7 Å². The number of aromatic nitrogens is 1. The number of amides is 3. The normalized spacial score (nSPS) is 19.0. The van der Waals surface area contributed by atoms with E-state index in [1.165, 1.54) is 53.1 Å². The highest BCUT2D eigenvalue weighted by molar-refractivity contribution is 8.00. The van der Waals surface area contributed by atoms with Crippen molar-refractivity contribution in [3.8, 4) is 0 Å². The zero-order chi connectivity index (χ0) is 31.1. The molecule has 0 aliphatic carbocycles. The molecule has 1 aromatic heterocycles. The van der Waals surface area contributed by atoms with E-state index >= 15 is 0 Å². The Bertz CT molecular complexity index is 1840. The van der Waals surface area contributed by atoms with Crippen LogP contribution in [0.25, 0.3) is 0 Å². The van der Waals surface area contributed by atoms with E-state index in [1.54, 1.807) is 31.2 Å². The minimum absolute atomic E-state index is 0.201. The second-order valence-corrected chi connectivity index (χ2v) is 12.6. The van der Waals surface area contributed by atoms with Crippen molar-refractivity contribution in [2.45, 2.75) is 29.7 Å². The highest BCUT2D eigenvalue weighted by atomic mass is 35.5. The molecular weight excluding hydrogens is 629 g/mol. The second kappa shape index (κ2) is 12.0. The number of esters is 1. The fourth-order valence-corrected chi connectivity index (χ4v) is 8.28. The maximum absolute atomic E-state index is 14.0. The number of thiazole rings is 1. The predicted molar refractivity (Wildman–Crippen MR) is 165 cm³/mol. The molecule has 1 fully saturated rings. The molecule has 2 aliphatic rings. The molecule has 44 heavy (non-hydrogen) atoms. The summed E-state index contributed by atoms with van der Waals surface area (Å²) in [6.45, 7) is 1.57. The van der Waals surface area contributed by atoms with Gasteiger partial charge in [-0.05, 0) is 73.2 Å². The molecule has 2 unspecified atom stereocenters. The van der Waals surface area contributed by atoms with Gasteiger partial charge in [0.1, 0.15) is 17.6 Å². The van der Waals surface area contributed by atoms with Gasteiger partial charge in [-0.15, -0.1) is 0 Å². The van der Waals surface area contributed by atoms with E-state index in [-0.39, 0.29) is 24.4 Å². The van der Waals surface area contributed by atoms with Crippen molar-refractivity contribution >= 4 is 69.8 Å². The van der Waals surface area contributed by atoms with Gasteiger partial charge < -0.3 is 10.1 Å². The first-order valence-electron chi connectivity index (χ1n) is 13.5. The van der Waals surface area contributed by atoms with Gasteiger partial charge in [0.15, 0.2) is 0 Å². The van der Waals surface area contributed by atoms with E-state index in [0.29, 0.717) is 26.2 Å². The molecule has 2 aliphatic heterocycles. The largest absolute Gasteiger partial charge is 0.462 e. The Balaban J connectivity index is 1.36. The number of nitrogens with one attached hydrogen (secondary N) is 1. The average Bonchev–Trinajstić information content (AvgIpc) is 3.45. The SMILES string of the molecule is CCOC(=O)c1ccc(N2C(=O)C3Sc4c(sc(=O)n4CC(=O)Nc4ccc(Cl)cc4)[C@H](c4ccc(F)cc4)C3C2=O)cc1. The summed E-state index contributed by atoms with van der Waals surface area (Å²) in [6, 6.07) is 18.1. The number of imide groups is 1. The topological polar surface area (TPSA) is 115 Å². The van der Waals surface area contributed by atoms with Gasteiger partial charge in [0.2, 0.25) is 17.7 Å². The molecule has 1 saturated heterocycles. The molecule has 0 bridgehead atoms. The Morgan fingerprint density at radius 2 is 1.64 bits per heavy atom. The number of ether oxygens (including phenoxy) is 1. The predicted octanol–water partition coefficient (Wildman–Crippen LogP) is 5.31. The molecule has 3 atom stereocenters. The van der Waals surface area contributed by atoms with Gasteiger partial charge in [0.25, 0.3) is 0 Å². The van der Waals surface area contributed by atoms with Crippen LogP contribution in [0, 0.1) is 11.7 Å². The molecule has 0 saturated carbocycles. The summed E-state index contributed by atoms with van der Waals surface area (Å²) in [7, 11) is 0. The quantitative estimate of drug-likeness (QED) is 0.213. The first-order valence-corrected chi connectivity index (χ1v) is 15.6. The van der Waals surface area contributed by atoms with E-state index < -0.39 is 51.5 Å². The second-order valence-electron chi connectivity index (χ2n) is 10.1. The van der Waals surface area contributed by atoms with Crippen LogP contribution < -0.4 is 15.1 Å². The number of thioether (sulfide) groups is 1. The lowest BCUT2D eigenvalue weighted by atomic mass is 9.83. The molecule has 4 aromatic rings. The van der Waals surface area contributed by atoms with E-state index in [2.05, 4.69) is 5.32 Å². The van der Waals surface area contributed by atoms with Gasteiger partial charge in [-0.1, -0.05) is 46.8 Å². The zero-order valence-corrected chi connectivity index (χ0v) is 25.4. The van der Waals surface area contributed by atoms with Crippen molar-refractivity contribution < 1.29 is 28.3 Å². The number of halogens is 2. The monoisotopic (exact) mass is 651 g/mol. The number of hydrogen-bond donors (Lipinski definition) is 1. The van der Waals surface area contributed by atoms with Crippen molar-refractivity contribution in [1.82, 2.24) is 4.57 Å². The summed E-state index contributed by atoms with van der Waals surface area (Å²) in [6.07, 6.45) is 0. The minimum atomic E-state index is -0.922. The van der Waals surface area contributed by atoms with Crippen molar-refractivity contribution in [1.29, 1.82) is 0 Å². The van der Waals surface area contributed by atoms with Crippen LogP contribution in [0.15, 0.2) is 82.6 Å². The molecule has 9 nitrogen and oxygen atoms in total. The molecule has 0 spiro atoms. The third kappa shape index (κ3) is 5.44. The Labute approximate surface area is 263 Å². The van der Waals surface area contributed by atoms with Crippen molar-refractivity contribution in [2.24, 2.45) is 5.92 Å². The van der Waals surface area contributed by atoms with Crippen LogP contribution in [0.3, 0.4) is 0 Å². The number of fused-ring (bicyclic) bond motifs is 2. The average molecular weight is 652 g/mol. The molecule has 1 N–H and O–H groups in total. The van der Waals surface area contributed by atoms with Gasteiger partial charge in [-0.3, -0.25) is 23.7 Å². The van der Waals surface area contributed by atoms with Crippen LogP contribution in [-0.4, -0.2) is 40.1 Å². The van der Waals surface area contributed by atoms with Crippen LogP contribution in [0.4, 0.5) is 15.8 Å². The van der Waals surface area contributed by atoms with Gasteiger partial charge in [-0.25, -0.2) is 14.1 Å². The molecule has 3 amide bonds. The standard InChI is InChI=1S/C31H23ClFN3O6S2/c1-2-42-30(40)17-5-13-21(14-6-17)36-27(38)24-23(16-3-9-19(33)10-4-16)26-29(43-25(24)28(36)39)35(31(41)44-26)15-22(37)34-20-11-7-18(32)8-12-20/h3-14,23-25H,2,15H2,1H3,(H,34,37)/t23-,24?,25?/m1/s1. The van der Waals surface area contributed by atoms with Crippen LogP contribution in [0.5, 0.6) is 0 Å². The third-order valence-corrected chi connectivity index (χ3v) is 10.2. The highest BCUT2D eigenvalue weighted by Crippen LogP contribution is 2.53. The first-order chi connectivity index (χ1) is 21.2. The summed E-state index contributed by atoms with van der Waals surface area (Å²) in [4.78, 5) is 67.4. The molecule has 13 heteroatoms. The van der Waals surface area contributed by atoms with Crippen LogP contribution in [0.1, 0.15) is 33.6 Å². The fourth-order valence-electron chi connectivity index (χ4n) is 5.38. The zero-order valence-electron chi connectivity index (χ0n) is 23.0. The molecule has 224 valence electrons. The van der Waals surface area contributed by atoms with Gasteiger partial charge in [-0.2, -0.15) is 0 Å². The number of nitrogens with zero attached hydrogens (tertiary/aromatic N) is 2. The summed E-state index contributed by atoms with van der Waals surface area (Å²) < 4.78 is 20.2. The Morgan fingerprint density at radius 1 is 0.955 bits per heavy atom. The lowest BCUT2D eigenvalue weighted by Crippen LogP contribution is -2.33. The Hall–Kier alpha value is -4.26. The fraction of sp³-hybridized carbons (Fsp3) is 0.194. The summed E-state index contributed by atoms with van der Waals surface area (Å²) >= 11 is 7.89. The summed E-state index contributed by atoms with van der Waals surface area (Å²) in [5.41, 5.74) is 1.61. The summed E-state index contributed by atoms with van der Waals surface area (Å²) in [5.74, 6) is -4.08. The Morgan fingerprint density at radius 3 is 2.30 bits per heavy atom. The van der Waals surface area contributed by atoms with Crippen molar-refractivity contribution in [3.63, 3.8) is 0 Å². The number of carbonyl (C=O) groups excluding carboxylic acids is 4. The van der Waals surface area contributed by atoms with Crippen molar-refractivity contribution in [2.75, 3.05) is 16.8 Å². The first kappa shape index (κ1) is 29.8.